The van der Waals surface area contributed by atoms with E-state index in [1.807, 2.05) is 49.9 Å². The fourth-order valence-corrected chi connectivity index (χ4v) is 3.08. The highest BCUT2D eigenvalue weighted by molar-refractivity contribution is 5.88. The summed E-state index contributed by atoms with van der Waals surface area (Å²) in [5, 5.41) is 0. The summed E-state index contributed by atoms with van der Waals surface area (Å²) in [5.74, 6) is -0.0547. The van der Waals surface area contributed by atoms with Crippen LogP contribution in [0.5, 0.6) is 5.75 Å². The van der Waals surface area contributed by atoms with Crippen molar-refractivity contribution in [2.24, 2.45) is 0 Å². The van der Waals surface area contributed by atoms with Gasteiger partial charge in [-0.2, -0.15) is 0 Å². The first kappa shape index (κ1) is 16.1. The third-order valence-electron chi connectivity index (χ3n) is 4.16. The predicted molar refractivity (Wildman–Crippen MR) is 84.6 cm³/mol. The van der Waals surface area contributed by atoms with E-state index >= 15 is 0 Å². The quantitative estimate of drug-likeness (QED) is 0.610. The van der Waals surface area contributed by atoms with Crippen molar-refractivity contribution in [2.45, 2.75) is 44.7 Å². The monoisotopic (exact) mass is 321 g/mol. The zero-order valence-electron chi connectivity index (χ0n) is 13.9. The maximum Gasteiger partial charge on any atom is 0.331 e. The fourth-order valence-electron chi connectivity index (χ4n) is 3.08. The number of benzene rings is 1. The molecule has 0 aliphatic carbocycles. The molecule has 3 rings (SSSR count). The highest BCUT2D eigenvalue weighted by Gasteiger charge is 2.60. The number of esters is 1. The van der Waals surface area contributed by atoms with E-state index in [0.29, 0.717) is 13.2 Å². The van der Waals surface area contributed by atoms with E-state index in [9.17, 15) is 4.79 Å². The van der Waals surface area contributed by atoms with Gasteiger partial charge < -0.3 is 23.8 Å². The minimum atomic E-state index is -0.613. The van der Waals surface area contributed by atoms with Gasteiger partial charge in [0.2, 0.25) is 0 Å². The summed E-state index contributed by atoms with van der Waals surface area (Å²) in [6, 6.07) is 7.24. The van der Waals surface area contributed by atoms with E-state index in [2.05, 4.69) is 0 Å². The summed E-state index contributed by atoms with van der Waals surface area (Å²) in [7, 11) is 1.63. The second kappa shape index (κ2) is 6.02. The van der Waals surface area contributed by atoms with Gasteiger partial charge in [0.05, 0.1) is 26.4 Å². The molecule has 23 heavy (non-hydrogen) atoms. The first-order valence-corrected chi connectivity index (χ1v) is 7.87. The molecule has 0 aromatic heterocycles. The Morgan fingerprint density at radius 3 is 2.57 bits per heavy atom. The smallest absolute Gasteiger partial charge is 0.331 e. The average Bonchev–Trinajstić information content (AvgIpc) is 3.17. The molecule has 6 heteroatoms. The Morgan fingerprint density at radius 1 is 1.35 bits per heavy atom. The number of hydrogen-bond donors (Lipinski definition) is 0. The van der Waals surface area contributed by atoms with E-state index in [1.165, 1.54) is 0 Å². The standard InChI is InChI=1S/C17H23NO5/c1-5-21-16(19)15-14(13-10-22-17(2,3)23-13)18(15)11-6-8-12(20-4)9-7-11/h6-9,13-15H,5,10H2,1-4H3/t13-,14+,15+,18?/m0/s1. The molecular formula is C17H23NO5. The zero-order valence-corrected chi connectivity index (χ0v) is 13.9. The van der Waals surface area contributed by atoms with Gasteiger partial charge in [-0.1, -0.05) is 0 Å². The number of carbonyl (C=O) groups excluding carboxylic acids is 1. The molecule has 2 aliphatic rings. The Labute approximate surface area is 136 Å². The van der Waals surface area contributed by atoms with Crippen LogP contribution in [-0.4, -0.2) is 50.3 Å². The van der Waals surface area contributed by atoms with E-state index in [0.717, 1.165) is 11.4 Å². The van der Waals surface area contributed by atoms with Crippen LogP contribution in [0.2, 0.25) is 0 Å². The molecule has 2 aliphatic heterocycles. The van der Waals surface area contributed by atoms with Gasteiger partial charge >= 0.3 is 5.97 Å². The lowest BCUT2D eigenvalue weighted by atomic mass is 10.2. The van der Waals surface area contributed by atoms with Crippen LogP contribution in [0.25, 0.3) is 0 Å². The molecule has 0 unspecified atom stereocenters. The van der Waals surface area contributed by atoms with Crippen molar-refractivity contribution in [1.29, 1.82) is 0 Å². The van der Waals surface area contributed by atoms with Gasteiger partial charge in [0.15, 0.2) is 11.8 Å². The van der Waals surface area contributed by atoms with Gasteiger partial charge in [0, 0.05) is 5.69 Å². The van der Waals surface area contributed by atoms with Crippen molar-refractivity contribution in [2.75, 3.05) is 25.2 Å². The van der Waals surface area contributed by atoms with E-state index in [1.54, 1.807) is 7.11 Å². The van der Waals surface area contributed by atoms with Crippen molar-refractivity contribution in [3.05, 3.63) is 24.3 Å². The predicted octanol–water partition coefficient (Wildman–Crippen LogP) is 1.97. The largest absolute Gasteiger partial charge is 0.497 e. The summed E-state index contributed by atoms with van der Waals surface area (Å²) in [4.78, 5) is 14.3. The third kappa shape index (κ3) is 3.14. The van der Waals surface area contributed by atoms with Gasteiger partial charge in [0.1, 0.15) is 11.9 Å². The number of nitrogens with zero attached hydrogens (tertiary/aromatic N) is 1. The Kier molecular flexibility index (Phi) is 4.21. The first-order chi connectivity index (χ1) is 11.0. The van der Waals surface area contributed by atoms with E-state index < -0.39 is 5.79 Å². The van der Waals surface area contributed by atoms with Gasteiger partial charge in [-0.15, -0.1) is 0 Å². The van der Waals surface area contributed by atoms with E-state index in [-0.39, 0.29) is 24.2 Å². The molecular weight excluding hydrogens is 298 g/mol. The van der Waals surface area contributed by atoms with Crippen LogP contribution in [0.3, 0.4) is 0 Å². The number of anilines is 1. The highest BCUT2D eigenvalue weighted by Crippen LogP contribution is 2.42. The van der Waals surface area contributed by atoms with E-state index in [4.69, 9.17) is 18.9 Å². The minimum Gasteiger partial charge on any atom is -0.497 e. The lowest BCUT2D eigenvalue weighted by Gasteiger charge is -2.17. The maximum absolute atomic E-state index is 12.3. The molecule has 126 valence electrons. The Balaban J connectivity index is 1.79. The van der Waals surface area contributed by atoms with Gasteiger partial charge in [-0.05, 0) is 45.0 Å². The molecule has 2 fully saturated rings. The second-order valence-corrected chi connectivity index (χ2v) is 6.16. The van der Waals surface area contributed by atoms with Gasteiger partial charge in [0.25, 0.3) is 0 Å². The normalized spacial score (nSPS) is 28.5. The molecule has 1 aromatic carbocycles. The lowest BCUT2D eigenvalue weighted by Crippen LogP contribution is -2.27. The molecule has 0 amide bonds. The van der Waals surface area contributed by atoms with Crippen molar-refractivity contribution in [3.8, 4) is 5.75 Å². The Hall–Kier alpha value is -1.79. The minimum absolute atomic E-state index is 0.0655. The molecule has 2 heterocycles. The molecule has 0 spiro atoms. The van der Waals surface area contributed by atoms with Crippen LogP contribution in [-0.2, 0) is 19.0 Å². The van der Waals surface area contributed by atoms with Crippen LogP contribution < -0.4 is 9.64 Å². The molecule has 0 N–H and O–H groups in total. The molecule has 6 nitrogen and oxygen atoms in total. The Morgan fingerprint density at radius 2 is 2.04 bits per heavy atom. The number of methoxy groups -OCH3 is 1. The van der Waals surface area contributed by atoms with Crippen LogP contribution in [0.1, 0.15) is 20.8 Å². The molecule has 0 saturated carbocycles. The van der Waals surface area contributed by atoms with Crippen molar-refractivity contribution >= 4 is 11.7 Å². The third-order valence-corrected chi connectivity index (χ3v) is 4.16. The Bertz CT molecular complexity index is 571. The number of carbonyl (C=O) groups is 1. The van der Waals surface area contributed by atoms with Crippen LogP contribution in [0.15, 0.2) is 24.3 Å². The summed E-state index contributed by atoms with van der Waals surface area (Å²) in [6.07, 6.45) is -0.151. The second-order valence-electron chi connectivity index (χ2n) is 6.16. The topological polar surface area (TPSA) is 57.0 Å². The van der Waals surface area contributed by atoms with Crippen molar-refractivity contribution in [3.63, 3.8) is 0 Å². The summed E-state index contributed by atoms with van der Waals surface area (Å²) < 4.78 is 22.0. The van der Waals surface area contributed by atoms with Crippen LogP contribution in [0.4, 0.5) is 5.69 Å². The lowest BCUT2D eigenvalue weighted by molar-refractivity contribution is -0.145. The SMILES string of the molecule is CCOC(=O)[C@H]1[C@@H]([C@@H]2COC(C)(C)O2)N1c1ccc(OC)cc1. The maximum atomic E-state index is 12.3. The van der Waals surface area contributed by atoms with Crippen LogP contribution in [0, 0.1) is 0 Å². The number of hydrogen-bond acceptors (Lipinski definition) is 6. The van der Waals surface area contributed by atoms with Crippen molar-refractivity contribution in [1.82, 2.24) is 0 Å². The number of rotatable bonds is 5. The summed E-state index contributed by atoms with van der Waals surface area (Å²) in [6.45, 7) is 6.41. The molecule has 0 radical (unpaired) electrons. The highest BCUT2D eigenvalue weighted by atomic mass is 16.7. The number of ether oxygens (including phenoxy) is 4. The summed E-state index contributed by atoms with van der Waals surface area (Å²) >= 11 is 0. The zero-order chi connectivity index (χ0) is 16.6. The molecule has 1 aromatic rings. The average molecular weight is 321 g/mol. The van der Waals surface area contributed by atoms with Crippen LogP contribution >= 0.6 is 0 Å². The van der Waals surface area contributed by atoms with Gasteiger partial charge in [-0.25, -0.2) is 4.79 Å². The fraction of sp³-hybridized carbons (Fsp3) is 0.588. The van der Waals surface area contributed by atoms with Gasteiger partial charge in [-0.3, -0.25) is 0 Å². The molecule has 0 bridgehead atoms. The molecule has 2 saturated heterocycles. The van der Waals surface area contributed by atoms with Crippen molar-refractivity contribution < 1.29 is 23.7 Å². The summed E-state index contributed by atoms with van der Waals surface area (Å²) in [5.41, 5.74) is 0.946. The first-order valence-electron chi connectivity index (χ1n) is 7.87. The molecule has 3 atom stereocenters.